The Labute approximate surface area is 46.4 Å². The monoisotopic (exact) mass is 115 g/mol. The third-order valence-electron chi connectivity index (χ3n) is 1.22. The van der Waals surface area contributed by atoms with Gasteiger partial charge in [-0.05, 0) is 12.8 Å². The van der Waals surface area contributed by atoms with Crippen LogP contribution in [0.15, 0.2) is 4.99 Å². The fourth-order valence-corrected chi connectivity index (χ4v) is 0.468. The summed E-state index contributed by atoms with van der Waals surface area (Å²) < 4.78 is 12.4. The Morgan fingerprint density at radius 2 is 2.38 bits per heavy atom. The number of aliphatic imine (C=N–C) groups is 1. The summed E-state index contributed by atoms with van der Waals surface area (Å²) in [7, 11) is 0. The van der Waals surface area contributed by atoms with Gasteiger partial charge in [-0.1, -0.05) is 0 Å². The van der Waals surface area contributed by atoms with Gasteiger partial charge in [0, 0.05) is 0 Å². The highest BCUT2D eigenvalue weighted by atomic mass is 19.1. The highest BCUT2D eigenvalue weighted by Crippen LogP contribution is 2.39. The fraction of sp³-hybridized carbons (Fsp3) is 0.800. The van der Waals surface area contributed by atoms with Crippen LogP contribution in [0.25, 0.3) is 0 Å². The zero-order valence-electron chi connectivity index (χ0n) is 4.35. The Hall–Kier alpha value is -0.690. The van der Waals surface area contributed by atoms with E-state index in [-0.39, 0.29) is 6.54 Å². The van der Waals surface area contributed by atoms with Crippen LogP contribution in [0, 0.1) is 0 Å². The lowest BCUT2D eigenvalue weighted by Gasteiger charge is -1.92. The van der Waals surface area contributed by atoms with Crippen molar-refractivity contribution < 1.29 is 9.18 Å². The molecule has 0 heterocycles. The van der Waals surface area contributed by atoms with Crippen molar-refractivity contribution in [3.8, 4) is 0 Å². The standard InChI is InChI=1S/C5H6FNO/c6-5(1-2-5)3-7-4-8/h1-3H2. The normalized spacial score (nSPS) is 21.6. The molecule has 8 heavy (non-hydrogen) atoms. The number of hydrogen-bond donors (Lipinski definition) is 0. The molecule has 3 heteroatoms. The van der Waals surface area contributed by atoms with Gasteiger partial charge in [-0.2, -0.15) is 0 Å². The van der Waals surface area contributed by atoms with E-state index in [2.05, 4.69) is 4.99 Å². The Morgan fingerprint density at radius 3 is 2.75 bits per heavy atom. The van der Waals surface area contributed by atoms with Gasteiger partial charge in [0.2, 0.25) is 6.08 Å². The van der Waals surface area contributed by atoms with Crippen LogP contribution in [-0.4, -0.2) is 18.3 Å². The van der Waals surface area contributed by atoms with Gasteiger partial charge in [-0.15, -0.1) is 0 Å². The van der Waals surface area contributed by atoms with Crippen molar-refractivity contribution in [1.29, 1.82) is 0 Å². The van der Waals surface area contributed by atoms with Crippen LogP contribution in [0.1, 0.15) is 12.8 Å². The largest absolute Gasteiger partial charge is 0.242 e. The number of carbonyl (C=O) groups excluding carboxylic acids is 1. The van der Waals surface area contributed by atoms with Crippen LogP contribution in [-0.2, 0) is 4.79 Å². The van der Waals surface area contributed by atoms with E-state index in [0.717, 1.165) is 0 Å². The molecule has 0 saturated heterocycles. The second-order valence-electron chi connectivity index (χ2n) is 2.06. The van der Waals surface area contributed by atoms with Crippen molar-refractivity contribution in [1.82, 2.24) is 0 Å². The smallest absolute Gasteiger partial charge is 0.235 e. The topological polar surface area (TPSA) is 29.4 Å². The maximum atomic E-state index is 12.4. The molecule has 0 aromatic rings. The van der Waals surface area contributed by atoms with Crippen molar-refractivity contribution in [3.63, 3.8) is 0 Å². The van der Waals surface area contributed by atoms with E-state index >= 15 is 0 Å². The molecular formula is C5H6FNO. The highest BCUT2D eigenvalue weighted by Gasteiger charge is 2.42. The number of rotatable bonds is 2. The maximum absolute atomic E-state index is 12.4. The molecule has 0 unspecified atom stereocenters. The minimum atomic E-state index is -1.13. The van der Waals surface area contributed by atoms with E-state index in [0.29, 0.717) is 12.8 Å². The second-order valence-corrected chi connectivity index (χ2v) is 2.06. The summed E-state index contributed by atoms with van der Waals surface area (Å²) in [5.41, 5.74) is -1.13. The Kier molecular flexibility index (Phi) is 1.14. The van der Waals surface area contributed by atoms with Crippen molar-refractivity contribution >= 4 is 6.08 Å². The molecule has 0 amide bonds. The van der Waals surface area contributed by atoms with Gasteiger partial charge in [-0.25, -0.2) is 14.2 Å². The molecular weight excluding hydrogens is 109 g/mol. The first-order valence-corrected chi connectivity index (χ1v) is 2.49. The van der Waals surface area contributed by atoms with Gasteiger partial charge in [0.25, 0.3) is 0 Å². The van der Waals surface area contributed by atoms with E-state index in [1.54, 1.807) is 0 Å². The highest BCUT2D eigenvalue weighted by molar-refractivity contribution is 5.33. The van der Waals surface area contributed by atoms with Gasteiger partial charge in [0.1, 0.15) is 5.67 Å². The SMILES string of the molecule is O=C=NCC1(F)CC1. The van der Waals surface area contributed by atoms with Gasteiger partial charge < -0.3 is 0 Å². The van der Waals surface area contributed by atoms with Gasteiger partial charge >= 0.3 is 0 Å². The maximum Gasteiger partial charge on any atom is 0.235 e. The van der Waals surface area contributed by atoms with Crippen molar-refractivity contribution in [3.05, 3.63) is 0 Å². The van der Waals surface area contributed by atoms with Crippen LogP contribution in [0.4, 0.5) is 4.39 Å². The molecule has 0 atom stereocenters. The molecule has 0 aromatic heterocycles. The third-order valence-corrected chi connectivity index (χ3v) is 1.22. The molecule has 1 fully saturated rings. The predicted octanol–water partition coefficient (Wildman–Crippen LogP) is 0.824. The van der Waals surface area contributed by atoms with Crippen LogP contribution in [0.5, 0.6) is 0 Å². The molecule has 0 N–H and O–H groups in total. The minimum Gasteiger partial charge on any atom is -0.242 e. The van der Waals surface area contributed by atoms with E-state index < -0.39 is 5.67 Å². The molecule has 0 aromatic carbocycles. The molecule has 1 aliphatic rings. The Morgan fingerprint density at radius 1 is 1.75 bits per heavy atom. The predicted molar refractivity (Wildman–Crippen MR) is 26.1 cm³/mol. The second kappa shape index (κ2) is 1.67. The summed E-state index contributed by atoms with van der Waals surface area (Å²) in [5, 5.41) is 0. The molecule has 2 nitrogen and oxygen atoms in total. The lowest BCUT2D eigenvalue weighted by Crippen LogP contribution is -2.02. The summed E-state index contributed by atoms with van der Waals surface area (Å²) >= 11 is 0. The molecule has 1 saturated carbocycles. The third kappa shape index (κ3) is 1.14. The zero-order chi connectivity index (χ0) is 6.04. The minimum absolute atomic E-state index is 0.0104. The molecule has 0 aliphatic heterocycles. The van der Waals surface area contributed by atoms with E-state index in [1.807, 2.05) is 0 Å². The van der Waals surface area contributed by atoms with Crippen LogP contribution < -0.4 is 0 Å². The number of hydrogen-bond acceptors (Lipinski definition) is 2. The molecule has 44 valence electrons. The molecule has 1 aliphatic carbocycles. The van der Waals surface area contributed by atoms with E-state index in [1.165, 1.54) is 6.08 Å². The van der Waals surface area contributed by atoms with Gasteiger partial charge in [-0.3, -0.25) is 0 Å². The van der Waals surface area contributed by atoms with Gasteiger partial charge in [0.05, 0.1) is 6.54 Å². The summed E-state index contributed by atoms with van der Waals surface area (Å²) in [5.74, 6) is 0. The van der Waals surface area contributed by atoms with Gasteiger partial charge in [0.15, 0.2) is 0 Å². The summed E-state index contributed by atoms with van der Waals surface area (Å²) in [4.78, 5) is 12.5. The Bertz CT molecular complexity index is 135. The molecule has 0 spiro atoms. The molecule has 1 rings (SSSR count). The first-order valence-electron chi connectivity index (χ1n) is 2.49. The summed E-state index contributed by atoms with van der Waals surface area (Å²) in [6, 6.07) is 0. The first-order chi connectivity index (χ1) is 3.77. The average Bonchev–Trinajstić information content (AvgIpc) is 2.45. The van der Waals surface area contributed by atoms with Crippen LogP contribution >= 0.6 is 0 Å². The zero-order valence-corrected chi connectivity index (χ0v) is 4.35. The number of isocyanates is 1. The fourth-order valence-electron chi connectivity index (χ4n) is 0.468. The quantitative estimate of drug-likeness (QED) is 0.387. The molecule has 0 radical (unpaired) electrons. The first kappa shape index (κ1) is 5.45. The number of nitrogens with zero attached hydrogens (tertiary/aromatic N) is 1. The lowest BCUT2D eigenvalue weighted by atomic mass is 10.4. The Balaban J connectivity index is 2.29. The molecule has 0 bridgehead atoms. The van der Waals surface area contributed by atoms with Crippen molar-refractivity contribution in [2.45, 2.75) is 18.5 Å². The van der Waals surface area contributed by atoms with E-state index in [9.17, 15) is 9.18 Å². The average molecular weight is 115 g/mol. The van der Waals surface area contributed by atoms with Crippen LogP contribution in [0.3, 0.4) is 0 Å². The summed E-state index contributed by atoms with van der Waals surface area (Å²) in [6.07, 6.45) is 2.41. The van der Waals surface area contributed by atoms with Crippen molar-refractivity contribution in [2.75, 3.05) is 6.54 Å². The lowest BCUT2D eigenvalue weighted by molar-refractivity contribution is 0.319. The number of alkyl halides is 1. The summed E-state index contributed by atoms with van der Waals surface area (Å²) in [6.45, 7) is 0.0104. The van der Waals surface area contributed by atoms with E-state index in [4.69, 9.17) is 0 Å². The number of halogens is 1. The van der Waals surface area contributed by atoms with Crippen molar-refractivity contribution in [2.24, 2.45) is 4.99 Å². The van der Waals surface area contributed by atoms with Crippen LogP contribution in [0.2, 0.25) is 0 Å².